The molecule has 0 saturated heterocycles. The molecule has 0 aromatic heterocycles. The van der Waals surface area contributed by atoms with Crippen LogP contribution < -0.4 is 4.74 Å². The summed E-state index contributed by atoms with van der Waals surface area (Å²) in [6.07, 6.45) is 0. The van der Waals surface area contributed by atoms with Crippen LogP contribution >= 0.6 is 0 Å². The minimum absolute atomic E-state index is 0.354. The quantitative estimate of drug-likeness (QED) is 0.502. The summed E-state index contributed by atoms with van der Waals surface area (Å²) in [5.41, 5.74) is 4.20. The molecule has 132 valence electrons. The summed E-state index contributed by atoms with van der Waals surface area (Å²) in [7, 11) is 1.34. The molecule has 0 bridgehead atoms. The number of hydrogen-bond acceptors (Lipinski definition) is 4. The van der Waals surface area contributed by atoms with E-state index in [0.29, 0.717) is 11.3 Å². The standard InChI is InChI=1S/C22H20O4/c1-13-5-8-16(9-6-13)21-17-10-7-14(2)11-18(17)20(26-15(3)23)12-19(21)22(24)25-4/h5-12H,1-4H3. The van der Waals surface area contributed by atoms with Crippen molar-refractivity contribution in [3.05, 3.63) is 65.2 Å². The predicted octanol–water partition coefficient (Wildman–Crippen LogP) is 4.84. The molecular formula is C22H20O4. The predicted molar refractivity (Wildman–Crippen MR) is 102 cm³/mol. The Kier molecular flexibility index (Phi) is 4.76. The summed E-state index contributed by atoms with van der Waals surface area (Å²) in [6, 6.07) is 15.4. The summed E-state index contributed by atoms with van der Waals surface area (Å²) in [5, 5.41) is 1.61. The average molecular weight is 348 g/mol. The Morgan fingerprint density at radius 1 is 0.846 bits per heavy atom. The number of fused-ring (bicyclic) bond motifs is 1. The van der Waals surface area contributed by atoms with E-state index in [1.165, 1.54) is 14.0 Å². The van der Waals surface area contributed by atoms with Crippen LogP contribution in [-0.2, 0) is 9.53 Å². The lowest BCUT2D eigenvalue weighted by Crippen LogP contribution is -2.08. The number of carbonyl (C=O) groups is 2. The molecule has 4 heteroatoms. The zero-order valence-corrected chi connectivity index (χ0v) is 15.3. The summed E-state index contributed by atoms with van der Waals surface area (Å²) in [4.78, 5) is 24.0. The van der Waals surface area contributed by atoms with Crippen molar-refractivity contribution in [2.75, 3.05) is 7.11 Å². The van der Waals surface area contributed by atoms with Gasteiger partial charge in [-0.05, 0) is 36.9 Å². The van der Waals surface area contributed by atoms with Crippen molar-refractivity contribution in [2.45, 2.75) is 20.8 Å². The van der Waals surface area contributed by atoms with E-state index in [1.807, 2.05) is 56.3 Å². The highest BCUT2D eigenvalue weighted by Gasteiger charge is 2.21. The monoisotopic (exact) mass is 348 g/mol. The first kappa shape index (κ1) is 17.7. The topological polar surface area (TPSA) is 52.6 Å². The van der Waals surface area contributed by atoms with Gasteiger partial charge in [0.05, 0.1) is 12.7 Å². The van der Waals surface area contributed by atoms with E-state index < -0.39 is 11.9 Å². The van der Waals surface area contributed by atoms with Gasteiger partial charge >= 0.3 is 11.9 Å². The summed E-state index contributed by atoms with van der Waals surface area (Å²) >= 11 is 0. The van der Waals surface area contributed by atoms with Crippen LogP contribution in [-0.4, -0.2) is 19.0 Å². The van der Waals surface area contributed by atoms with Gasteiger partial charge in [0, 0.05) is 17.9 Å². The summed E-state index contributed by atoms with van der Waals surface area (Å²) in [5.74, 6) is -0.560. The van der Waals surface area contributed by atoms with Crippen LogP contribution in [0, 0.1) is 13.8 Å². The van der Waals surface area contributed by atoms with Crippen molar-refractivity contribution in [1.29, 1.82) is 0 Å². The minimum Gasteiger partial charge on any atom is -0.465 e. The molecule has 0 radical (unpaired) electrons. The number of benzene rings is 3. The van der Waals surface area contributed by atoms with E-state index in [0.717, 1.165) is 33.0 Å². The molecule has 0 spiro atoms. The molecular weight excluding hydrogens is 328 g/mol. The van der Waals surface area contributed by atoms with Crippen LogP contribution in [0.4, 0.5) is 0 Å². The lowest BCUT2D eigenvalue weighted by atomic mass is 9.91. The van der Waals surface area contributed by atoms with Gasteiger partial charge in [0.25, 0.3) is 0 Å². The van der Waals surface area contributed by atoms with Crippen molar-refractivity contribution in [3.8, 4) is 16.9 Å². The molecule has 0 fully saturated rings. The molecule has 0 amide bonds. The molecule has 0 aliphatic heterocycles. The highest BCUT2D eigenvalue weighted by atomic mass is 16.5. The van der Waals surface area contributed by atoms with Gasteiger partial charge < -0.3 is 9.47 Å². The number of rotatable bonds is 3. The fourth-order valence-corrected chi connectivity index (χ4v) is 3.05. The Balaban J connectivity index is 2.42. The fourth-order valence-electron chi connectivity index (χ4n) is 3.05. The third-order valence-corrected chi connectivity index (χ3v) is 4.25. The Morgan fingerprint density at radius 2 is 1.50 bits per heavy atom. The average Bonchev–Trinajstić information content (AvgIpc) is 2.61. The highest BCUT2D eigenvalue weighted by molar-refractivity contribution is 6.10. The van der Waals surface area contributed by atoms with E-state index in [9.17, 15) is 9.59 Å². The van der Waals surface area contributed by atoms with Gasteiger partial charge in [0.2, 0.25) is 0 Å². The van der Waals surface area contributed by atoms with Gasteiger partial charge in [0.15, 0.2) is 0 Å². The lowest BCUT2D eigenvalue weighted by molar-refractivity contribution is -0.131. The molecule has 0 saturated carbocycles. The van der Waals surface area contributed by atoms with Crippen LogP contribution in [0.2, 0.25) is 0 Å². The molecule has 0 aliphatic carbocycles. The van der Waals surface area contributed by atoms with Crippen LogP contribution in [0.25, 0.3) is 21.9 Å². The largest absolute Gasteiger partial charge is 0.465 e. The molecule has 26 heavy (non-hydrogen) atoms. The second-order valence-corrected chi connectivity index (χ2v) is 6.30. The second-order valence-electron chi connectivity index (χ2n) is 6.30. The fraction of sp³-hybridized carbons (Fsp3) is 0.182. The molecule has 0 heterocycles. The van der Waals surface area contributed by atoms with Crippen LogP contribution in [0.1, 0.15) is 28.4 Å². The third-order valence-electron chi connectivity index (χ3n) is 4.25. The maximum Gasteiger partial charge on any atom is 0.338 e. The number of hydrogen-bond donors (Lipinski definition) is 0. The molecule has 4 nitrogen and oxygen atoms in total. The van der Waals surface area contributed by atoms with Crippen molar-refractivity contribution >= 4 is 22.7 Å². The Morgan fingerprint density at radius 3 is 2.12 bits per heavy atom. The Hall–Kier alpha value is -3.14. The van der Waals surface area contributed by atoms with Crippen molar-refractivity contribution in [3.63, 3.8) is 0 Å². The lowest BCUT2D eigenvalue weighted by Gasteiger charge is -2.16. The normalized spacial score (nSPS) is 10.6. The van der Waals surface area contributed by atoms with Gasteiger partial charge in [0.1, 0.15) is 5.75 Å². The summed E-state index contributed by atoms with van der Waals surface area (Å²) < 4.78 is 10.4. The number of aryl methyl sites for hydroxylation is 2. The number of ether oxygens (including phenoxy) is 2. The smallest absolute Gasteiger partial charge is 0.338 e. The van der Waals surface area contributed by atoms with Gasteiger partial charge in [-0.15, -0.1) is 0 Å². The van der Waals surface area contributed by atoms with Gasteiger partial charge in [-0.1, -0.05) is 47.5 Å². The van der Waals surface area contributed by atoms with Crippen LogP contribution in [0.5, 0.6) is 5.75 Å². The van der Waals surface area contributed by atoms with E-state index in [1.54, 1.807) is 6.07 Å². The molecule has 3 aromatic rings. The number of esters is 2. The number of carbonyl (C=O) groups excluding carboxylic acids is 2. The molecule has 0 unspecified atom stereocenters. The van der Waals surface area contributed by atoms with Crippen LogP contribution in [0.3, 0.4) is 0 Å². The van der Waals surface area contributed by atoms with Crippen molar-refractivity contribution < 1.29 is 19.1 Å². The zero-order chi connectivity index (χ0) is 18.8. The Labute approximate surface area is 152 Å². The first-order chi connectivity index (χ1) is 12.4. The molecule has 0 aliphatic rings. The van der Waals surface area contributed by atoms with Crippen molar-refractivity contribution in [2.24, 2.45) is 0 Å². The maximum atomic E-state index is 12.5. The minimum atomic E-state index is -0.476. The van der Waals surface area contributed by atoms with Crippen molar-refractivity contribution in [1.82, 2.24) is 0 Å². The molecule has 3 aromatic carbocycles. The van der Waals surface area contributed by atoms with E-state index in [2.05, 4.69) is 0 Å². The summed E-state index contributed by atoms with van der Waals surface area (Å²) in [6.45, 7) is 5.32. The number of methoxy groups -OCH3 is 1. The molecule has 0 N–H and O–H groups in total. The second kappa shape index (κ2) is 7.00. The Bertz CT molecular complexity index is 1000. The first-order valence-electron chi connectivity index (χ1n) is 8.32. The van der Waals surface area contributed by atoms with Crippen LogP contribution in [0.15, 0.2) is 48.5 Å². The van der Waals surface area contributed by atoms with E-state index >= 15 is 0 Å². The maximum absolute atomic E-state index is 12.5. The van der Waals surface area contributed by atoms with Gasteiger partial charge in [-0.3, -0.25) is 4.79 Å². The van der Waals surface area contributed by atoms with E-state index in [-0.39, 0.29) is 0 Å². The van der Waals surface area contributed by atoms with Gasteiger partial charge in [-0.25, -0.2) is 4.79 Å². The van der Waals surface area contributed by atoms with E-state index in [4.69, 9.17) is 9.47 Å². The first-order valence-corrected chi connectivity index (χ1v) is 8.32. The third kappa shape index (κ3) is 3.31. The zero-order valence-electron chi connectivity index (χ0n) is 15.3. The highest BCUT2D eigenvalue weighted by Crippen LogP contribution is 2.39. The molecule has 3 rings (SSSR count). The van der Waals surface area contributed by atoms with Gasteiger partial charge in [-0.2, -0.15) is 0 Å². The SMILES string of the molecule is COC(=O)c1cc(OC(C)=O)c2cc(C)ccc2c1-c1ccc(C)cc1. The molecule has 0 atom stereocenters.